The lowest BCUT2D eigenvalue weighted by atomic mass is 9.86. The number of alkyl halides is 16. The standard InChI is InChI=1S/C16H16F16/c1-3-5-6-8-10(19,20)12(23,24)14(27,28)16(31,32)15(29,30)13(25,26)11(21,22)9(17,18)7-4-2/h4,7H,3,5-6,8H2,1-2H3/b7-4+. The predicted octanol–water partition coefficient (Wildman–Crippen LogP) is 8.23. The van der Waals surface area contributed by atoms with Gasteiger partial charge >= 0.3 is 47.4 Å². The highest BCUT2D eigenvalue weighted by atomic mass is 19.4. The fourth-order valence-electron chi connectivity index (χ4n) is 2.30. The summed E-state index contributed by atoms with van der Waals surface area (Å²) in [5.74, 6) is -60.5. The van der Waals surface area contributed by atoms with Gasteiger partial charge in [-0.15, -0.1) is 0 Å². The van der Waals surface area contributed by atoms with E-state index in [4.69, 9.17) is 0 Å². The number of allylic oxidation sites excluding steroid dienone is 2. The van der Waals surface area contributed by atoms with Crippen LogP contribution in [0.2, 0.25) is 0 Å². The van der Waals surface area contributed by atoms with E-state index in [-0.39, 0.29) is 18.9 Å². The highest BCUT2D eigenvalue weighted by Gasteiger charge is 2.94. The van der Waals surface area contributed by atoms with E-state index in [1.54, 1.807) is 0 Å². The van der Waals surface area contributed by atoms with Crippen molar-refractivity contribution in [2.45, 2.75) is 86.9 Å². The van der Waals surface area contributed by atoms with Gasteiger partial charge in [-0.25, -0.2) is 0 Å². The van der Waals surface area contributed by atoms with Crippen molar-refractivity contribution < 1.29 is 70.2 Å². The van der Waals surface area contributed by atoms with Gasteiger partial charge in [0.2, 0.25) is 0 Å². The van der Waals surface area contributed by atoms with Crippen LogP contribution >= 0.6 is 0 Å². The van der Waals surface area contributed by atoms with Crippen molar-refractivity contribution in [2.24, 2.45) is 0 Å². The van der Waals surface area contributed by atoms with E-state index in [0.29, 0.717) is 6.92 Å². The first-order valence-electron chi connectivity index (χ1n) is 8.53. The van der Waals surface area contributed by atoms with Crippen molar-refractivity contribution in [2.75, 3.05) is 0 Å². The molecule has 0 amide bonds. The molecule has 32 heavy (non-hydrogen) atoms. The van der Waals surface area contributed by atoms with Gasteiger partial charge in [0.15, 0.2) is 0 Å². The zero-order valence-electron chi connectivity index (χ0n) is 16.0. The van der Waals surface area contributed by atoms with Gasteiger partial charge in [0.1, 0.15) is 0 Å². The van der Waals surface area contributed by atoms with Crippen LogP contribution in [-0.4, -0.2) is 47.4 Å². The molecular weight excluding hydrogens is 496 g/mol. The highest BCUT2D eigenvalue weighted by molar-refractivity contribution is 5.18. The molecule has 0 fully saturated rings. The number of hydrogen-bond acceptors (Lipinski definition) is 0. The Morgan fingerprint density at radius 3 is 1.19 bits per heavy atom. The number of rotatable bonds is 12. The lowest BCUT2D eigenvalue weighted by molar-refractivity contribution is -0.451. The van der Waals surface area contributed by atoms with E-state index < -0.39 is 66.3 Å². The first-order valence-corrected chi connectivity index (χ1v) is 8.53. The Morgan fingerprint density at radius 2 is 0.844 bits per heavy atom. The molecule has 0 aliphatic rings. The molecule has 0 N–H and O–H groups in total. The van der Waals surface area contributed by atoms with Gasteiger partial charge in [0.05, 0.1) is 0 Å². The normalized spacial score (nSPS) is 16.2. The molecule has 0 heterocycles. The molecule has 16 heteroatoms. The quantitative estimate of drug-likeness (QED) is 0.140. The van der Waals surface area contributed by atoms with Crippen molar-refractivity contribution in [3.63, 3.8) is 0 Å². The Labute approximate surface area is 170 Å². The van der Waals surface area contributed by atoms with Crippen LogP contribution in [-0.2, 0) is 0 Å². The molecule has 0 bridgehead atoms. The molecule has 0 rings (SSSR count). The van der Waals surface area contributed by atoms with Crippen molar-refractivity contribution in [1.29, 1.82) is 0 Å². The van der Waals surface area contributed by atoms with Crippen molar-refractivity contribution in [3.05, 3.63) is 12.2 Å². The smallest absolute Gasteiger partial charge is 0.200 e. The summed E-state index contributed by atoms with van der Waals surface area (Å²) < 4.78 is 216. The molecule has 0 aromatic rings. The first-order chi connectivity index (χ1) is 13.9. The van der Waals surface area contributed by atoms with Crippen molar-refractivity contribution in [3.8, 4) is 0 Å². The van der Waals surface area contributed by atoms with E-state index in [9.17, 15) is 70.2 Å². The van der Waals surface area contributed by atoms with Gasteiger partial charge in [0.25, 0.3) is 0 Å². The zero-order chi connectivity index (χ0) is 26.2. The average Bonchev–Trinajstić information content (AvgIpc) is 2.60. The van der Waals surface area contributed by atoms with Crippen molar-refractivity contribution in [1.82, 2.24) is 0 Å². The van der Waals surface area contributed by atoms with Crippen molar-refractivity contribution >= 4 is 0 Å². The summed E-state index contributed by atoms with van der Waals surface area (Å²) in [7, 11) is 0. The van der Waals surface area contributed by atoms with E-state index in [2.05, 4.69) is 0 Å². The van der Waals surface area contributed by atoms with E-state index >= 15 is 0 Å². The molecule has 0 saturated carbocycles. The van der Waals surface area contributed by atoms with Crippen LogP contribution in [0.3, 0.4) is 0 Å². The first kappa shape index (κ1) is 30.6. The molecule has 0 aromatic heterocycles. The molecule has 0 atom stereocenters. The maximum Gasteiger partial charge on any atom is 0.385 e. The monoisotopic (exact) mass is 512 g/mol. The van der Waals surface area contributed by atoms with Gasteiger partial charge in [-0.2, -0.15) is 70.2 Å². The van der Waals surface area contributed by atoms with E-state index in [1.807, 2.05) is 0 Å². The maximum absolute atomic E-state index is 13.6. The van der Waals surface area contributed by atoms with E-state index in [1.165, 1.54) is 6.92 Å². The second kappa shape index (κ2) is 8.76. The Balaban J connectivity index is 6.61. The summed E-state index contributed by atoms with van der Waals surface area (Å²) in [4.78, 5) is 0. The third kappa shape index (κ3) is 4.26. The zero-order valence-corrected chi connectivity index (χ0v) is 16.0. The number of hydrogen-bond donors (Lipinski definition) is 0. The molecule has 0 saturated heterocycles. The largest absolute Gasteiger partial charge is 0.385 e. The fourth-order valence-corrected chi connectivity index (χ4v) is 2.30. The maximum atomic E-state index is 13.6. The lowest BCUT2D eigenvalue weighted by Gasteiger charge is -2.43. The summed E-state index contributed by atoms with van der Waals surface area (Å²) in [6, 6.07) is 0. The molecule has 0 nitrogen and oxygen atoms in total. The van der Waals surface area contributed by atoms with Gasteiger partial charge < -0.3 is 0 Å². The molecule has 0 aromatic carbocycles. The van der Waals surface area contributed by atoms with Crippen LogP contribution in [0.25, 0.3) is 0 Å². The Bertz CT molecular complexity index is 661. The van der Waals surface area contributed by atoms with Gasteiger partial charge in [-0.05, 0) is 19.4 Å². The van der Waals surface area contributed by atoms with Gasteiger partial charge in [-0.1, -0.05) is 25.8 Å². The molecule has 0 aliphatic carbocycles. The second-order valence-electron chi connectivity index (χ2n) is 6.73. The van der Waals surface area contributed by atoms with Crippen LogP contribution in [0, 0.1) is 0 Å². The molecule has 0 unspecified atom stereocenters. The van der Waals surface area contributed by atoms with Crippen LogP contribution < -0.4 is 0 Å². The third-order valence-corrected chi connectivity index (χ3v) is 4.32. The predicted molar refractivity (Wildman–Crippen MR) is 78.5 cm³/mol. The van der Waals surface area contributed by atoms with Crippen LogP contribution in [0.15, 0.2) is 12.2 Å². The molecule has 0 radical (unpaired) electrons. The average molecular weight is 512 g/mol. The summed E-state index contributed by atoms with van der Waals surface area (Å²) >= 11 is 0. The Kier molecular flexibility index (Phi) is 8.38. The molecule has 192 valence electrons. The van der Waals surface area contributed by atoms with Gasteiger partial charge in [-0.3, -0.25) is 0 Å². The molecule has 0 spiro atoms. The number of unbranched alkanes of at least 4 members (excludes halogenated alkanes) is 2. The molecule has 0 aliphatic heterocycles. The topological polar surface area (TPSA) is 0 Å². The summed E-state index contributed by atoms with van der Waals surface area (Å²) in [5.41, 5.74) is 0. The Morgan fingerprint density at radius 1 is 0.500 bits per heavy atom. The summed E-state index contributed by atoms with van der Waals surface area (Å²) in [5, 5.41) is 0. The van der Waals surface area contributed by atoms with Crippen LogP contribution in [0.5, 0.6) is 0 Å². The minimum absolute atomic E-state index is 0.00793. The Hall–Kier alpha value is -1.38. The molecular formula is C16H16F16. The SMILES string of the molecule is C/C=C/C(F)(F)C(F)(F)C(F)(F)C(F)(F)C(F)(F)C(F)(F)C(F)(F)C(F)(F)CCCCC. The van der Waals surface area contributed by atoms with Crippen LogP contribution in [0.4, 0.5) is 70.2 Å². The second-order valence-corrected chi connectivity index (χ2v) is 6.73. The third-order valence-electron chi connectivity index (χ3n) is 4.32. The highest BCUT2D eigenvalue weighted by Crippen LogP contribution is 2.64. The fraction of sp³-hybridized carbons (Fsp3) is 0.875. The summed E-state index contributed by atoms with van der Waals surface area (Å²) in [6.45, 7) is 1.76. The number of halogens is 16. The van der Waals surface area contributed by atoms with Crippen LogP contribution in [0.1, 0.15) is 39.5 Å². The minimum Gasteiger partial charge on any atom is -0.200 e. The lowest BCUT2D eigenvalue weighted by Crippen LogP contribution is -2.74. The van der Waals surface area contributed by atoms with E-state index in [0.717, 1.165) is 0 Å². The summed E-state index contributed by atoms with van der Waals surface area (Å²) in [6.07, 6.45) is -4.97. The minimum atomic E-state index is -8.36. The van der Waals surface area contributed by atoms with Gasteiger partial charge in [0, 0.05) is 6.42 Å².